The third-order valence-electron chi connectivity index (χ3n) is 2.96. The highest BCUT2D eigenvalue weighted by Crippen LogP contribution is 2.16. The number of hydrogen-bond acceptors (Lipinski definition) is 4. The normalized spacial score (nSPS) is 17.9. The highest BCUT2D eigenvalue weighted by Gasteiger charge is 2.26. The van der Waals surface area contributed by atoms with Crippen LogP contribution in [-0.4, -0.2) is 28.9 Å². The molecule has 1 fully saturated rings. The average molecular weight is 277 g/mol. The molecule has 1 aliphatic heterocycles. The fourth-order valence-corrected chi connectivity index (χ4v) is 2.00. The van der Waals surface area contributed by atoms with E-state index < -0.39 is 6.04 Å². The van der Waals surface area contributed by atoms with E-state index in [1.165, 1.54) is 0 Å². The Morgan fingerprint density at radius 1 is 1.60 bits per heavy atom. The molecule has 1 unspecified atom stereocenters. The Kier molecular flexibility index (Phi) is 4.55. The smallest absolute Gasteiger partial charge is 0.242 e. The fraction of sp³-hybridized carbons (Fsp3) is 0.500. The summed E-state index contributed by atoms with van der Waals surface area (Å²) in [6, 6.07) is 3.23. The molecule has 1 aliphatic rings. The zero-order chi connectivity index (χ0) is 14.5. The van der Waals surface area contributed by atoms with E-state index in [-0.39, 0.29) is 17.9 Å². The first-order valence-corrected chi connectivity index (χ1v) is 6.74. The Morgan fingerprint density at radius 3 is 3.05 bits per heavy atom. The second-order valence-electron chi connectivity index (χ2n) is 5.01. The molecule has 1 aromatic heterocycles. The zero-order valence-corrected chi connectivity index (χ0v) is 11.7. The van der Waals surface area contributed by atoms with Gasteiger partial charge in [0.05, 0.1) is 6.10 Å². The van der Waals surface area contributed by atoms with E-state index in [1.807, 2.05) is 19.9 Å². The third kappa shape index (κ3) is 3.69. The van der Waals surface area contributed by atoms with Crippen LogP contribution in [0.3, 0.4) is 0 Å². The van der Waals surface area contributed by atoms with Gasteiger partial charge >= 0.3 is 0 Å². The highest BCUT2D eigenvalue weighted by atomic mass is 16.5. The average Bonchev–Trinajstić information content (AvgIpc) is 2.83. The lowest BCUT2D eigenvalue weighted by atomic mass is 10.2. The maximum absolute atomic E-state index is 11.9. The van der Waals surface area contributed by atoms with Gasteiger partial charge in [-0.3, -0.25) is 9.59 Å². The molecule has 108 valence electrons. The predicted molar refractivity (Wildman–Crippen MR) is 73.0 cm³/mol. The van der Waals surface area contributed by atoms with Crippen molar-refractivity contribution in [1.82, 2.24) is 15.6 Å². The number of hydrogen-bond donors (Lipinski definition) is 2. The van der Waals surface area contributed by atoms with Crippen molar-refractivity contribution in [3.8, 4) is 5.88 Å². The van der Waals surface area contributed by atoms with Gasteiger partial charge in [-0.05, 0) is 26.3 Å². The van der Waals surface area contributed by atoms with E-state index in [0.717, 1.165) is 5.56 Å². The van der Waals surface area contributed by atoms with Crippen LogP contribution in [0.4, 0.5) is 0 Å². The Hall–Kier alpha value is -2.11. The number of carbonyl (C=O) groups excluding carboxylic acids is 2. The zero-order valence-electron chi connectivity index (χ0n) is 11.7. The summed E-state index contributed by atoms with van der Waals surface area (Å²) in [6.45, 7) is 4.18. The molecule has 2 rings (SSSR count). The topological polar surface area (TPSA) is 80.3 Å². The Bertz CT molecular complexity index is 502. The van der Waals surface area contributed by atoms with Gasteiger partial charge in [0.25, 0.3) is 0 Å². The van der Waals surface area contributed by atoms with Crippen LogP contribution in [0, 0.1) is 0 Å². The minimum absolute atomic E-state index is 0.0217. The first kappa shape index (κ1) is 14.3. The summed E-state index contributed by atoms with van der Waals surface area (Å²) >= 11 is 0. The first-order valence-electron chi connectivity index (χ1n) is 6.74. The summed E-state index contributed by atoms with van der Waals surface area (Å²) in [5.74, 6) is 0.281. The lowest BCUT2D eigenvalue weighted by Gasteiger charge is -2.14. The van der Waals surface area contributed by atoms with E-state index in [9.17, 15) is 9.59 Å². The van der Waals surface area contributed by atoms with Crippen molar-refractivity contribution in [2.75, 3.05) is 0 Å². The van der Waals surface area contributed by atoms with Crippen molar-refractivity contribution < 1.29 is 14.3 Å². The standard InChI is InChI=1S/C14H19N3O3/c1-9(2)20-14-10(4-3-7-15-14)8-16-13(19)11-5-6-12(18)17-11/h3-4,7,9,11H,5-6,8H2,1-2H3,(H,16,19)(H,17,18). The maximum atomic E-state index is 11.9. The van der Waals surface area contributed by atoms with Gasteiger partial charge in [-0.2, -0.15) is 0 Å². The molecule has 0 saturated carbocycles. The van der Waals surface area contributed by atoms with Crippen molar-refractivity contribution in [2.45, 2.75) is 45.4 Å². The molecule has 0 radical (unpaired) electrons. The molecular formula is C14H19N3O3. The minimum Gasteiger partial charge on any atom is -0.475 e. The van der Waals surface area contributed by atoms with Crippen LogP contribution in [0.2, 0.25) is 0 Å². The van der Waals surface area contributed by atoms with E-state index in [0.29, 0.717) is 25.3 Å². The predicted octanol–water partition coefficient (Wildman–Crippen LogP) is 0.764. The maximum Gasteiger partial charge on any atom is 0.242 e. The van der Waals surface area contributed by atoms with Crippen molar-refractivity contribution in [1.29, 1.82) is 0 Å². The molecule has 1 atom stereocenters. The summed E-state index contributed by atoms with van der Waals surface area (Å²) in [7, 11) is 0. The fourth-order valence-electron chi connectivity index (χ4n) is 2.00. The van der Waals surface area contributed by atoms with E-state index in [1.54, 1.807) is 12.3 Å². The quantitative estimate of drug-likeness (QED) is 0.833. The van der Waals surface area contributed by atoms with Gasteiger partial charge in [0.1, 0.15) is 6.04 Å². The summed E-state index contributed by atoms with van der Waals surface area (Å²) in [6.07, 6.45) is 2.63. The molecule has 1 saturated heterocycles. The van der Waals surface area contributed by atoms with Gasteiger partial charge in [0, 0.05) is 24.7 Å². The number of ether oxygens (including phenoxy) is 1. The monoisotopic (exact) mass is 277 g/mol. The molecule has 20 heavy (non-hydrogen) atoms. The molecule has 0 spiro atoms. The van der Waals surface area contributed by atoms with Gasteiger partial charge in [-0.1, -0.05) is 6.07 Å². The molecule has 2 N–H and O–H groups in total. The number of nitrogens with zero attached hydrogens (tertiary/aromatic N) is 1. The summed E-state index contributed by atoms with van der Waals surface area (Å²) in [4.78, 5) is 27.2. The van der Waals surface area contributed by atoms with Crippen LogP contribution < -0.4 is 15.4 Å². The molecule has 2 heterocycles. The Labute approximate surface area is 117 Å². The van der Waals surface area contributed by atoms with Crippen LogP contribution in [0.5, 0.6) is 5.88 Å². The van der Waals surface area contributed by atoms with Crippen molar-refractivity contribution in [2.24, 2.45) is 0 Å². The largest absolute Gasteiger partial charge is 0.475 e. The van der Waals surface area contributed by atoms with Gasteiger partial charge < -0.3 is 15.4 Å². The Balaban J connectivity index is 1.93. The summed E-state index contributed by atoms with van der Waals surface area (Å²) in [5, 5.41) is 5.44. The number of rotatable bonds is 5. The van der Waals surface area contributed by atoms with Gasteiger partial charge in [0.15, 0.2) is 0 Å². The second-order valence-corrected chi connectivity index (χ2v) is 5.01. The van der Waals surface area contributed by atoms with Gasteiger partial charge in [-0.25, -0.2) is 4.98 Å². The first-order chi connectivity index (χ1) is 9.56. The van der Waals surface area contributed by atoms with E-state index >= 15 is 0 Å². The number of carbonyl (C=O) groups is 2. The number of pyridine rings is 1. The van der Waals surface area contributed by atoms with Crippen LogP contribution in [0.15, 0.2) is 18.3 Å². The Morgan fingerprint density at radius 2 is 2.40 bits per heavy atom. The molecule has 2 amide bonds. The number of nitrogens with one attached hydrogen (secondary N) is 2. The van der Waals surface area contributed by atoms with Crippen molar-refractivity contribution in [3.63, 3.8) is 0 Å². The van der Waals surface area contributed by atoms with Crippen molar-refractivity contribution >= 4 is 11.8 Å². The summed E-state index contributed by atoms with van der Waals surface area (Å²) < 4.78 is 5.59. The lowest BCUT2D eigenvalue weighted by Crippen LogP contribution is -2.41. The van der Waals surface area contributed by atoms with Crippen LogP contribution in [0.1, 0.15) is 32.3 Å². The molecule has 0 bridgehead atoms. The molecule has 0 aliphatic carbocycles. The van der Waals surface area contributed by atoms with Crippen LogP contribution in [0.25, 0.3) is 0 Å². The van der Waals surface area contributed by atoms with E-state index in [2.05, 4.69) is 15.6 Å². The van der Waals surface area contributed by atoms with Crippen LogP contribution >= 0.6 is 0 Å². The highest BCUT2D eigenvalue weighted by molar-refractivity contribution is 5.90. The van der Waals surface area contributed by atoms with Crippen LogP contribution in [-0.2, 0) is 16.1 Å². The number of amides is 2. The third-order valence-corrected chi connectivity index (χ3v) is 2.96. The van der Waals surface area contributed by atoms with Gasteiger partial charge in [0.2, 0.25) is 17.7 Å². The molecule has 1 aromatic rings. The summed E-state index contributed by atoms with van der Waals surface area (Å²) in [5.41, 5.74) is 0.818. The molecule has 6 nitrogen and oxygen atoms in total. The minimum atomic E-state index is -0.423. The van der Waals surface area contributed by atoms with Crippen molar-refractivity contribution in [3.05, 3.63) is 23.9 Å². The second kappa shape index (κ2) is 6.36. The SMILES string of the molecule is CC(C)Oc1ncccc1CNC(=O)C1CCC(=O)N1. The van der Waals surface area contributed by atoms with E-state index in [4.69, 9.17) is 4.74 Å². The molecule has 6 heteroatoms. The molecular weight excluding hydrogens is 258 g/mol. The molecule has 0 aromatic carbocycles. The lowest BCUT2D eigenvalue weighted by molar-refractivity contribution is -0.125. The number of aromatic nitrogens is 1. The van der Waals surface area contributed by atoms with Gasteiger partial charge in [-0.15, -0.1) is 0 Å².